The maximum absolute atomic E-state index is 6.07. The molecule has 28 heavy (non-hydrogen) atoms. The number of hydrogen-bond acceptors (Lipinski definition) is 7. The first-order valence-corrected chi connectivity index (χ1v) is 10.5. The molecular weight excluding hydrogens is 442 g/mol. The summed E-state index contributed by atoms with van der Waals surface area (Å²) in [6.45, 7) is 5.47. The summed E-state index contributed by atoms with van der Waals surface area (Å²) in [4.78, 5) is 12.1. The van der Waals surface area contributed by atoms with Gasteiger partial charge in [0.15, 0.2) is 22.5 Å². The molecule has 0 saturated carbocycles. The molecule has 0 atom stereocenters. The van der Waals surface area contributed by atoms with Gasteiger partial charge in [-0.2, -0.15) is 0 Å². The number of nitrogen functional groups attached to an aromatic ring is 1. The number of anilines is 1. The highest BCUT2D eigenvalue weighted by atomic mass is 79.9. The van der Waals surface area contributed by atoms with Gasteiger partial charge in [0.1, 0.15) is 5.52 Å². The Morgan fingerprint density at radius 3 is 2.68 bits per heavy atom. The van der Waals surface area contributed by atoms with Gasteiger partial charge < -0.3 is 24.7 Å². The number of aromatic nitrogens is 3. The van der Waals surface area contributed by atoms with Crippen LogP contribution in [0.3, 0.4) is 0 Å². The maximum Gasteiger partial charge on any atom is 0.246 e. The van der Waals surface area contributed by atoms with E-state index >= 15 is 0 Å². The number of imidazole rings is 1. The predicted octanol–water partition coefficient (Wildman–Crippen LogP) is 4.00. The second-order valence-electron chi connectivity index (χ2n) is 7.35. The molecule has 0 bridgehead atoms. The minimum atomic E-state index is -0.663. The van der Waals surface area contributed by atoms with Crippen LogP contribution in [0, 0.1) is 0 Å². The van der Waals surface area contributed by atoms with Crippen LogP contribution in [0.25, 0.3) is 11.0 Å². The Labute approximate surface area is 176 Å². The molecule has 0 saturated heterocycles. The van der Waals surface area contributed by atoms with Crippen molar-refractivity contribution in [3.8, 4) is 11.5 Å². The largest absolute Gasteiger partial charge is 0.449 e. The second-order valence-corrected chi connectivity index (χ2v) is 9.21. The SMILES string of the molecule is CN(C)CCn1c(Sc2cc3c(cc2Br)OC(C)(C)O3)nc2c(N)nccc21. The maximum atomic E-state index is 6.07. The van der Waals surface area contributed by atoms with Crippen molar-refractivity contribution in [1.82, 2.24) is 19.4 Å². The Hall–Kier alpha value is -1.97. The van der Waals surface area contributed by atoms with E-state index in [1.54, 1.807) is 18.0 Å². The van der Waals surface area contributed by atoms with Crippen LogP contribution < -0.4 is 15.2 Å². The van der Waals surface area contributed by atoms with E-state index in [-0.39, 0.29) is 0 Å². The predicted molar refractivity (Wildman–Crippen MR) is 114 cm³/mol. The lowest BCUT2D eigenvalue weighted by molar-refractivity contribution is -0.0432. The third-order valence-corrected chi connectivity index (χ3v) is 6.31. The quantitative estimate of drug-likeness (QED) is 0.612. The number of nitrogens with zero attached hydrogens (tertiary/aromatic N) is 4. The lowest BCUT2D eigenvalue weighted by Crippen LogP contribution is -2.29. The fourth-order valence-electron chi connectivity index (χ4n) is 3.05. The van der Waals surface area contributed by atoms with Crippen molar-refractivity contribution in [3.05, 3.63) is 28.9 Å². The van der Waals surface area contributed by atoms with Crippen LogP contribution in [0.2, 0.25) is 0 Å². The standard InChI is InChI=1S/C19H22BrN5O2S/c1-19(2)26-13-9-11(20)15(10-14(13)27-19)28-18-23-16-12(5-6-22-17(16)21)25(18)8-7-24(3)4/h5-6,9-10H,7-8H2,1-4H3,(H2,21,22). The molecule has 2 aromatic heterocycles. The molecule has 1 aliphatic heterocycles. The zero-order valence-electron chi connectivity index (χ0n) is 16.2. The summed E-state index contributed by atoms with van der Waals surface area (Å²) in [5.41, 5.74) is 7.77. The zero-order valence-corrected chi connectivity index (χ0v) is 18.6. The minimum absolute atomic E-state index is 0.439. The highest BCUT2D eigenvalue weighted by Gasteiger charge is 2.32. The number of rotatable bonds is 5. The molecular formula is C19H22BrN5O2S. The fraction of sp³-hybridized carbons (Fsp3) is 0.368. The number of halogens is 1. The van der Waals surface area contributed by atoms with E-state index in [4.69, 9.17) is 20.2 Å². The minimum Gasteiger partial charge on any atom is -0.449 e. The Balaban J connectivity index is 1.74. The average Bonchev–Trinajstić information content (AvgIpc) is 3.09. The number of hydrogen-bond donors (Lipinski definition) is 1. The zero-order chi connectivity index (χ0) is 20.1. The molecule has 1 aromatic carbocycles. The molecule has 1 aliphatic rings. The Bertz CT molecular complexity index is 1050. The second kappa shape index (κ2) is 7.13. The van der Waals surface area contributed by atoms with Crippen molar-refractivity contribution in [2.24, 2.45) is 0 Å². The van der Waals surface area contributed by atoms with Crippen LogP contribution in [0.1, 0.15) is 13.8 Å². The van der Waals surface area contributed by atoms with Gasteiger partial charge in [-0.25, -0.2) is 9.97 Å². The topological polar surface area (TPSA) is 78.4 Å². The average molecular weight is 464 g/mol. The molecule has 0 spiro atoms. The summed E-state index contributed by atoms with van der Waals surface area (Å²) in [6, 6.07) is 5.88. The van der Waals surface area contributed by atoms with Gasteiger partial charge in [0.05, 0.1) is 5.52 Å². The highest BCUT2D eigenvalue weighted by molar-refractivity contribution is 9.10. The highest BCUT2D eigenvalue weighted by Crippen LogP contribution is 2.46. The van der Waals surface area contributed by atoms with Gasteiger partial charge in [0, 0.05) is 42.5 Å². The molecule has 4 rings (SSSR count). The number of pyridine rings is 1. The molecule has 0 amide bonds. The first-order valence-electron chi connectivity index (χ1n) is 8.88. The summed E-state index contributed by atoms with van der Waals surface area (Å²) in [6.07, 6.45) is 1.72. The first-order chi connectivity index (χ1) is 13.2. The van der Waals surface area contributed by atoms with E-state index in [1.807, 2.05) is 32.0 Å². The van der Waals surface area contributed by atoms with Crippen molar-refractivity contribution in [3.63, 3.8) is 0 Å². The van der Waals surface area contributed by atoms with Crippen LogP contribution in [0.15, 0.2) is 38.9 Å². The molecule has 148 valence electrons. The van der Waals surface area contributed by atoms with Crippen LogP contribution in [0.4, 0.5) is 5.82 Å². The number of fused-ring (bicyclic) bond motifs is 2. The van der Waals surface area contributed by atoms with E-state index in [1.165, 1.54) is 0 Å². The summed E-state index contributed by atoms with van der Waals surface area (Å²) in [7, 11) is 4.11. The molecule has 0 radical (unpaired) electrons. The number of benzene rings is 1. The summed E-state index contributed by atoms with van der Waals surface area (Å²) >= 11 is 5.21. The van der Waals surface area contributed by atoms with E-state index in [0.29, 0.717) is 5.82 Å². The summed E-state index contributed by atoms with van der Waals surface area (Å²) in [5.74, 6) is 1.24. The van der Waals surface area contributed by atoms with Crippen LogP contribution in [-0.2, 0) is 6.54 Å². The Kier molecular flexibility index (Phi) is 4.93. The first kappa shape index (κ1) is 19.4. The number of ether oxygens (including phenoxy) is 2. The molecule has 0 fully saturated rings. The Morgan fingerprint density at radius 1 is 1.25 bits per heavy atom. The van der Waals surface area contributed by atoms with Crippen LogP contribution >= 0.6 is 27.7 Å². The van der Waals surface area contributed by atoms with Gasteiger partial charge in [-0.3, -0.25) is 0 Å². The van der Waals surface area contributed by atoms with Crippen LogP contribution in [-0.4, -0.2) is 45.9 Å². The van der Waals surface area contributed by atoms with Crippen molar-refractivity contribution >= 4 is 44.5 Å². The molecule has 3 heterocycles. The molecule has 0 aliphatic carbocycles. The number of nitrogens with two attached hydrogens (primary N) is 1. The summed E-state index contributed by atoms with van der Waals surface area (Å²) in [5, 5.41) is 0.857. The summed E-state index contributed by atoms with van der Waals surface area (Å²) < 4.78 is 14.8. The smallest absolute Gasteiger partial charge is 0.246 e. The number of likely N-dealkylation sites (N-methyl/N-ethyl adjacent to an activating group) is 1. The molecule has 3 aromatic rings. The van der Waals surface area contributed by atoms with E-state index in [9.17, 15) is 0 Å². The monoisotopic (exact) mass is 463 g/mol. The van der Waals surface area contributed by atoms with Gasteiger partial charge in [-0.15, -0.1) is 0 Å². The van der Waals surface area contributed by atoms with Crippen molar-refractivity contribution < 1.29 is 9.47 Å². The van der Waals surface area contributed by atoms with Crippen molar-refractivity contribution in [2.45, 2.75) is 36.2 Å². The van der Waals surface area contributed by atoms with Gasteiger partial charge in [0.25, 0.3) is 0 Å². The fourth-order valence-corrected chi connectivity index (χ4v) is 4.57. The van der Waals surface area contributed by atoms with Crippen molar-refractivity contribution in [1.29, 1.82) is 0 Å². The Morgan fingerprint density at radius 2 is 1.96 bits per heavy atom. The lowest BCUT2D eigenvalue weighted by atomic mass is 10.3. The molecule has 2 N–H and O–H groups in total. The molecule has 0 unspecified atom stereocenters. The normalized spacial score (nSPS) is 14.9. The van der Waals surface area contributed by atoms with Gasteiger partial charge >= 0.3 is 0 Å². The van der Waals surface area contributed by atoms with Gasteiger partial charge in [-0.1, -0.05) is 11.8 Å². The molecule has 7 nitrogen and oxygen atoms in total. The van der Waals surface area contributed by atoms with Crippen LogP contribution in [0.5, 0.6) is 11.5 Å². The third-order valence-electron chi connectivity index (χ3n) is 4.34. The van der Waals surface area contributed by atoms with E-state index in [2.05, 4.69) is 44.5 Å². The lowest BCUT2D eigenvalue weighted by Gasteiger charge is -2.16. The molecule has 9 heteroatoms. The van der Waals surface area contributed by atoms with Crippen molar-refractivity contribution in [2.75, 3.05) is 26.4 Å². The van der Waals surface area contributed by atoms with Gasteiger partial charge in [0.2, 0.25) is 5.79 Å². The third kappa shape index (κ3) is 3.66. The van der Waals surface area contributed by atoms with E-state index < -0.39 is 5.79 Å². The van der Waals surface area contributed by atoms with Gasteiger partial charge in [-0.05, 0) is 48.2 Å². The van der Waals surface area contributed by atoms with E-state index in [0.717, 1.165) is 50.1 Å².